The van der Waals surface area contributed by atoms with E-state index in [1.54, 1.807) is 7.11 Å². The molecule has 2 atom stereocenters. The van der Waals surface area contributed by atoms with Crippen LogP contribution in [-0.4, -0.2) is 25.2 Å². The van der Waals surface area contributed by atoms with Crippen molar-refractivity contribution < 1.29 is 4.74 Å². The molecule has 0 spiro atoms. The van der Waals surface area contributed by atoms with Crippen molar-refractivity contribution in [2.24, 2.45) is 5.92 Å². The molecule has 2 rings (SSSR count). The molecule has 0 saturated carbocycles. The molecule has 1 aromatic carbocycles. The fourth-order valence-corrected chi connectivity index (χ4v) is 4.12. The lowest BCUT2D eigenvalue weighted by molar-refractivity contribution is 0.412. The Bertz CT molecular complexity index is 419. The van der Waals surface area contributed by atoms with Gasteiger partial charge in [-0.3, -0.25) is 0 Å². The minimum absolute atomic E-state index is 0.471. The lowest BCUT2D eigenvalue weighted by Gasteiger charge is -2.33. The van der Waals surface area contributed by atoms with Gasteiger partial charge >= 0.3 is 0 Å². The number of ether oxygens (including phenoxy) is 1. The highest BCUT2D eigenvalue weighted by Gasteiger charge is 2.29. The van der Waals surface area contributed by atoms with Crippen molar-refractivity contribution in [2.75, 3.05) is 19.9 Å². The van der Waals surface area contributed by atoms with Gasteiger partial charge in [0.05, 0.1) is 7.11 Å². The minimum Gasteiger partial charge on any atom is -0.497 e. The first-order valence-electron chi connectivity index (χ1n) is 7.11. The summed E-state index contributed by atoms with van der Waals surface area (Å²) in [6.45, 7) is 4.59. The minimum atomic E-state index is 0.471. The molecule has 0 fully saturated rings. The molecule has 2 unspecified atom stereocenters. The third-order valence-electron chi connectivity index (χ3n) is 3.71. The van der Waals surface area contributed by atoms with E-state index in [1.165, 1.54) is 29.7 Å². The molecular formula is C16H25NOS. The van der Waals surface area contributed by atoms with Crippen LogP contribution in [0.3, 0.4) is 0 Å². The van der Waals surface area contributed by atoms with E-state index < -0.39 is 0 Å². The Morgan fingerprint density at radius 2 is 2.21 bits per heavy atom. The maximum atomic E-state index is 5.33. The number of rotatable bonds is 5. The van der Waals surface area contributed by atoms with Crippen molar-refractivity contribution in [3.63, 3.8) is 0 Å². The average Bonchev–Trinajstić information content (AvgIpc) is 2.43. The van der Waals surface area contributed by atoms with Gasteiger partial charge in [-0.25, -0.2) is 0 Å². The van der Waals surface area contributed by atoms with Gasteiger partial charge in [-0.05, 0) is 54.8 Å². The van der Waals surface area contributed by atoms with Crippen LogP contribution < -0.4 is 10.1 Å². The van der Waals surface area contributed by atoms with E-state index in [9.17, 15) is 0 Å². The third-order valence-corrected chi connectivity index (χ3v) is 5.50. The Morgan fingerprint density at radius 1 is 1.42 bits per heavy atom. The average molecular weight is 279 g/mol. The van der Waals surface area contributed by atoms with E-state index in [-0.39, 0.29) is 0 Å². The van der Waals surface area contributed by atoms with Gasteiger partial charge in [0.1, 0.15) is 5.75 Å². The number of benzene rings is 1. The molecule has 3 heteroatoms. The molecule has 2 nitrogen and oxygen atoms in total. The second kappa shape index (κ2) is 6.67. The number of hydrogen-bond donors (Lipinski definition) is 1. The van der Waals surface area contributed by atoms with E-state index in [0.717, 1.165) is 11.7 Å². The molecule has 0 bridgehead atoms. The van der Waals surface area contributed by atoms with Crippen LogP contribution in [0.15, 0.2) is 18.2 Å². The summed E-state index contributed by atoms with van der Waals surface area (Å²) in [5, 5.41) is 4.20. The van der Waals surface area contributed by atoms with Gasteiger partial charge in [-0.15, -0.1) is 0 Å². The van der Waals surface area contributed by atoms with Crippen LogP contribution in [-0.2, 0) is 6.42 Å². The molecule has 0 heterocycles. The van der Waals surface area contributed by atoms with Crippen LogP contribution in [0, 0.1) is 5.92 Å². The van der Waals surface area contributed by atoms with Crippen molar-refractivity contribution >= 4 is 11.8 Å². The molecule has 106 valence electrons. The van der Waals surface area contributed by atoms with Crippen LogP contribution in [0.4, 0.5) is 0 Å². The van der Waals surface area contributed by atoms with Crippen LogP contribution in [0.1, 0.15) is 37.4 Å². The van der Waals surface area contributed by atoms with Gasteiger partial charge in [0.25, 0.3) is 0 Å². The van der Waals surface area contributed by atoms with Gasteiger partial charge < -0.3 is 10.1 Å². The summed E-state index contributed by atoms with van der Waals surface area (Å²) < 4.78 is 5.33. The molecule has 1 aliphatic rings. The molecule has 0 aromatic heterocycles. The van der Waals surface area contributed by atoms with Crippen LogP contribution in [0.2, 0.25) is 0 Å². The zero-order valence-corrected chi connectivity index (χ0v) is 13.2. The zero-order valence-electron chi connectivity index (χ0n) is 12.4. The predicted molar refractivity (Wildman–Crippen MR) is 84.2 cm³/mol. The second-order valence-electron chi connectivity index (χ2n) is 5.64. The molecular weight excluding hydrogens is 254 g/mol. The van der Waals surface area contributed by atoms with Gasteiger partial charge in [-0.2, -0.15) is 11.8 Å². The van der Waals surface area contributed by atoms with E-state index in [1.807, 2.05) is 0 Å². The maximum absolute atomic E-state index is 5.33. The summed E-state index contributed by atoms with van der Waals surface area (Å²) in [4.78, 5) is 0. The third kappa shape index (κ3) is 3.46. The van der Waals surface area contributed by atoms with E-state index in [0.29, 0.717) is 11.3 Å². The first-order valence-corrected chi connectivity index (χ1v) is 8.16. The Balaban J connectivity index is 2.16. The molecule has 0 radical (unpaired) electrons. The number of methoxy groups -OCH3 is 1. The van der Waals surface area contributed by atoms with Gasteiger partial charge in [0.2, 0.25) is 0 Å². The molecule has 19 heavy (non-hydrogen) atoms. The van der Waals surface area contributed by atoms with E-state index >= 15 is 0 Å². The maximum Gasteiger partial charge on any atom is 0.119 e. The Kier molecular flexibility index (Phi) is 5.17. The number of fused-ring (bicyclic) bond motifs is 1. The normalized spacial score (nSPS) is 22.4. The van der Waals surface area contributed by atoms with Crippen molar-refractivity contribution in [3.05, 3.63) is 29.3 Å². The molecule has 0 aliphatic heterocycles. The molecule has 1 aromatic rings. The fourth-order valence-electron chi connectivity index (χ4n) is 2.73. The Hall–Kier alpha value is -0.670. The monoisotopic (exact) mass is 279 g/mol. The second-order valence-corrected chi connectivity index (χ2v) is 6.91. The van der Waals surface area contributed by atoms with Crippen molar-refractivity contribution in [1.82, 2.24) is 5.32 Å². The van der Waals surface area contributed by atoms with E-state index in [4.69, 9.17) is 4.74 Å². The summed E-state index contributed by atoms with van der Waals surface area (Å²) >= 11 is 2.12. The number of aryl methyl sites for hydroxylation is 1. The van der Waals surface area contributed by atoms with Gasteiger partial charge in [-0.1, -0.05) is 19.9 Å². The summed E-state index contributed by atoms with van der Waals surface area (Å²) in [6.07, 6.45) is 2.42. The van der Waals surface area contributed by atoms with Crippen LogP contribution in [0.25, 0.3) is 0 Å². The SMILES string of the molecule is CNC1c2ccc(OC)cc2CCC1SCC(C)C. The summed E-state index contributed by atoms with van der Waals surface area (Å²) in [5.41, 5.74) is 2.90. The van der Waals surface area contributed by atoms with E-state index in [2.05, 4.69) is 56.2 Å². The zero-order chi connectivity index (χ0) is 13.8. The van der Waals surface area contributed by atoms with Crippen LogP contribution >= 0.6 is 11.8 Å². The number of nitrogens with one attached hydrogen (secondary N) is 1. The first-order chi connectivity index (χ1) is 9.15. The standard InChI is InChI=1S/C16H25NOS/c1-11(2)10-19-15-8-5-12-9-13(18-4)6-7-14(12)16(15)17-3/h6-7,9,11,15-17H,5,8,10H2,1-4H3. The number of thioether (sulfide) groups is 1. The topological polar surface area (TPSA) is 21.3 Å². The first kappa shape index (κ1) is 14.7. The summed E-state index contributed by atoms with van der Waals surface area (Å²) in [7, 11) is 3.81. The highest BCUT2D eigenvalue weighted by molar-refractivity contribution is 7.99. The fraction of sp³-hybridized carbons (Fsp3) is 0.625. The smallest absolute Gasteiger partial charge is 0.119 e. The molecule has 1 aliphatic carbocycles. The quantitative estimate of drug-likeness (QED) is 0.889. The van der Waals surface area contributed by atoms with Crippen molar-refractivity contribution in [2.45, 2.75) is 38.0 Å². The lowest BCUT2D eigenvalue weighted by Crippen LogP contribution is -2.32. The summed E-state index contributed by atoms with van der Waals surface area (Å²) in [5.74, 6) is 2.98. The van der Waals surface area contributed by atoms with Gasteiger partial charge in [0, 0.05) is 11.3 Å². The predicted octanol–water partition coefficient (Wildman–Crippen LogP) is 3.66. The Labute approximate surface area is 121 Å². The summed E-state index contributed by atoms with van der Waals surface area (Å²) in [6, 6.07) is 6.98. The molecule has 0 amide bonds. The lowest BCUT2D eigenvalue weighted by atomic mass is 9.87. The van der Waals surface area contributed by atoms with Crippen molar-refractivity contribution in [3.8, 4) is 5.75 Å². The number of hydrogen-bond acceptors (Lipinski definition) is 3. The Morgan fingerprint density at radius 3 is 2.84 bits per heavy atom. The van der Waals surface area contributed by atoms with Crippen molar-refractivity contribution in [1.29, 1.82) is 0 Å². The molecule has 0 saturated heterocycles. The van der Waals surface area contributed by atoms with Gasteiger partial charge in [0.15, 0.2) is 0 Å². The largest absolute Gasteiger partial charge is 0.497 e. The van der Waals surface area contributed by atoms with Crippen LogP contribution in [0.5, 0.6) is 5.75 Å². The highest BCUT2D eigenvalue weighted by Crippen LogP contribution is 2.38. The highest BCUT2D eigenvalue weighted by atomic mass is 32.2. The molecule has 1 N–H and O–H groups in total.